The predicted octanol–water partition coefficient (Wildman–Crippen LogP) is 1.94. The van der Waals surface area contributed by atoms with Crippen LogP contribution < -0.4 is 40.0 Å². The average Bonchev–Trinajstić information content (AvgIpc) is 3.17. The molecule has 1 aliphatic heterocycles. The third kappa shape index (κ3) is 7.47. The van der Waals surface area contributed by atoms with Gasteiger partial charge in [-0.3, -0.25) is 14.6 Å². The zero-order valence-electron chi connectivity index (χ0n) is 25.1. The van der Waals surface area contributed by atoms with Gasteiger partial charge in [-0.25, -0.2) is 8.78 Å². The molecule has 1 spiro atoms. The maximum absolute atomic E-state index is 14.2. The van der Waals surface area contributed by atoms with Crippen LogP contribution in [-0.2, 0) is 9.59 Å². The molecule has 1 heterocycles. The van der Waals surface area contributed by atoms with Gasteiger partial charge in [-0.1, -0.05) is 46.2 Å². The van der Waals surface area contributed by atoms with Crippen LogP contribution in [-0.4, -0.2) is 40.6 Å². The van der Waals surface area contributed by atoms with Gasteiger partial charge in [0.05, 0.1) is 6.04 Å². The van der Waals surface area contributed by atoms with Crippen LogP contribution in [0.4, 0.5) is 8.78 Å². The Labute approximate surface area is 268 Å². The van der Waals surface area contributed by atoms with Crippen molar-refractivity contribution in [2.75, 3.05) is 6.54 Å². The summed E-state index contributed by atoms with van der Waals surface area (Å²) in [6.07, 6.45) is 4.13. The Morgan fingerprint density at radius 3 is 2.21 bits per heavy atom. The van der Waals surface area contributed by atoms with Crippen molar-refractivity contribution in [2.24, 2.45) is 16.3 Å². The van der Waals surface area contributed by atoms with Crippen LogP contribution in [0.5, 0.6) is 0 Å². The summed E-state index contributed by atoms with van der Waals surface area (Å²) >= 11 is 0. The van der Waals surface area contributed by atoms with Gasteiger partial charge in [0.1, 0.15) is 23.0 Å². The van der Waals surface area contributed by atoms with Gasteiger partial charge in [0.2, 0.25) is 0 Å². The largest absolute Gasteiger partial charge is 1.00 e. The fraction of sp³-hybridized carbons (Fsp3) is 0.500. The van der Waals surface area contributed by atoms with E-state index in [0.29, 0.717) is 30.7 Å². The zero-order valence-corrected chi connectivity index (χ0v) is 27.1. The van der Waals surface area contributed by atoms with Crippen molar-refractivity contribution in [1.82, 2.24) is 10.2 Å². The molecule has 0 saturated heterocycles. The maximum atomic E-state index is 14.2. The first-order chi connectivity index (χ1) is 19.3. The Balaban J connectivity index is 0.00000484. The normalized spacial score (nSPS) is 21.1. The number of nitrogens with one attached hydrogen (secondary N) is 1. The first kappa shape index (κ1) is 33.9. The van der Waals surface area contributed by atoms with Crippen molar-refractivity contribution in [2.45, 2.75) is 84.3 Å². The molecule has 1 N–H and O–H groups in total. The SMILES string of the molecule is CCC[C@H](c1ccc(C(=O)NCCC(=O)[O-])cc1)N1C(=O)C(c2cc(F)cc(F)c2)=NC12CCC(C(C)(C)C)CC2.[Na+]. The van der Waals surface area contributed by atoms with Crippen LogP contribution >= 0.6 is 0 Å². The van der Waals surface area contributed by atoms with Gasteiger partial charge in [-0.2, -0.15) is 0 Å². The Bertz CT molecular complexity index is 1310. The van der Waals surface area contributed by atoms with Gasteiger partial charge in [0.15, 0.2) is 0 Å². The van der Waals surface area contributed by atoms with Crippen molar-refractivity contribution in [3.8, 4) is 0 Å². The number of rotatable bonds is 9. The number of nitrogens with zero attached hydrogens (tertiary/aromatic N) is 2. The van der Waals surface area contributed by atoms with E-state index >= 15 is 0 Å². The molecule has 4 rings (SSSR count). The van der Waals surface area contributed by atoms with E-state index in [1.54, 1.807) is 24.3 Å². The fourth-order valence-corrected chi connectivity index (χ4v) is 6.18. The number of carbonyl (C=O) groups excluding carboxylic acids is 3. The molecule has 1 atom stereocenters. The molecule has 1 saturated carbocycles. The standard InChI is InChI=1S/C32H39F2N3O4.Na/c1-5-6-26(20-7-9-21(10-8-20)29(40)35-16-13-27(38)39)37-30(41)28(22-17-24(33)19-25(34)18-22)36-32(37)14-11-23(12-15-32)31(2,3)4;/h7-10,17-19,23,26H,5-6,11-16H2,1-4H3,(H,35,40)(H,38,39);/q;+1/p-1/t23?,26-,32?;/m1./s1. The summed E-state index contributed by atoms with van der Waals surface area (Å²) in [4.78, 5) is 44.1. The molecule has 7 nitrogen and oxygen atoms in total. The third-order valence-corrected chi connectivity index (χ3v) is 8.38. The van der Waals surface area contributed by atoms with Gasteiger partial charge >= 0.3 is 29.6 Å². The van der Waals surface area contributed by atoms with E-state index in [9.17, 15) is 28.3 Å². The summed E-state index contributed by atoms with van der Waals surface area (Å²) in [6, 6.07) is 9.63. The number of halogens is 2. The molecule has 0 unspecified atom stereocenters. The maximum Gasteiger partial charge on any atom is 1.00 e. The molecule has 10 heteroatoms. The molecule has 2 aromatic rings. The number of amides is 2. The number of hydrogen-bond donors (Lipinski definition) is 1. The molecule has 1 fully saturated rings. The van der Waals surface area contributed by atoms with Crippen molar-refractivity contribution in [1.29, 1.82) is 0 Å². The monoisotopic (exact) mass is 589 g/mol. The third-order valence-electron chi connectivity index (χ3n) is 8.38. The summed E-state index contributed by atoms with van der Waals surface area (Å²) < 4.78 is 28.4. The van der Waals surface area contributed by atoms with Crippen molar-refractivity contribution in [3.05, 3.63) is 70.8 Å². The average molecular weight is 590 g/mol. The quantitative estimate of drug-likeness (QED) is 0.452. The molecule has 220 valence electrons. The number of carbonyl (C=O) groups is 3. The fourth-order valence-electron chi connectivity index (χ4n) is 6.18. The second-order valence-electron chi connectivity index (χ2n) is 12.2. The van der Waals surface area contributed by atoms with E-state index in [-0.39, 0.29) is 71.2 Å². The number of hydrogen-bond acceptors (Lipinski definition) is 5. The van der Waals surface area contributed by atoms with Gasteiger partial charge in [-0.05, 0) is 73.3 Å². The molecule has 1 aliphatic carbocycles. The van der Waals surface area contributed by atoms with E-state index in [1.807, 2.05) is 11.8 Å². The number of carboxylic acid groups (broad SMARTS) is 1. The van der Waals surface area contributed by atoms with Crippen LogP contribution in [0.2, 0.25) is 0 Å². The smallest absolute Gasteiger partial charge is 0.550 e. The molecule has 42 heavy (non-hydrogen) atoms. The van der Waals surface area contributed by atoms with Gasteiger partial charge in [0.25, 0.3) is 11.8 Å². The summed E-state index contributed by atoms with van der Waals surface area (Å²) in [7, 11) is 0. The van der Waals surface area contributed by atoms with Crippen LogP contribution in [0, 0.1) is 23.0 Å². The Morgan fingerprint density at radius 2 is 1.69 bits per heavy atom. The van der Waals surface area contributed by atoms with E-state index in [0.717, 1.165) is 43.0 Å². The predicted molar refractivity (Wildman–Crippen MR) is 150 cm³/mol. The summed E-state index contributed by atoms with van der Waals surface area (Å²) in [5.74, 6) is -3.08. The van der Waals surface area contributed by atoms with Crippen molar-refractivity contribution in [3.63, 3.8) is 0 Å². The van der Waals surface area contributed by atoms with Crippen LogP contribution in [0.25, 0.3) is 0 Å². The Morgan fingerprint density at radius 1 is 1.10 bits per heavy atom. The number of aliphatic carboxylic acids is 1. The minimum atomic E-state index is -1.24. The van der Waals surface area contributed by atoms with E-state index in [2.05, 4.69) is 26.1 Å². The van der Waals surface area contributed by atoms with Gasteiger partial charge < -0.3 is 20.1 Å². The van der Waals surface area contributed by atoms with E-state index in [1.165, 1.54) is 0 Å². The van der Waals surface area contributed by atoms with Crippen LogP contribution in [0.1, 0.15) is 100 Å². The molecular weight excluding hydrogens is 551 g/mol. The minimum absolute atomic E-state index is 0. The van der Waals surface area contributed by atoms with E-state index < -0.39 is 29.2 Å². The number of carboxylic acids is 1. The number of aliphatic imine (C=N–C) groups is 1. The summed E-state index contributed by atoms with van der Waals surface area (Å²) in [5, 5.41) is 13.2. The molecule has 0 bridgehead atoms. The molecule has 0 radical (unpaired) electrons. The first-order valence-electron chi connectivity index (χ1n) is 14.3. The topological polar surface area (TPSA) is 102 Å². The molecule has 2 aliphatic rings. The van der Waals surface area contributed by atoms with Gasteiger partial charge in [0, 0.05) is 36.1 Å². The Hall–Kier alpha value is -2.62. The van der Waals surface area contributed by atoms with Crippen LogP contribution in [0.3, 0.4) is 0 Å². The van der Waals surface area contributed by atoms with Crippen LogP contribution in [0.15, 0.2) is 47.5 Å². The number of benzene rings is 2. The first-order valence-corrected chi connectivity index (χ1v) is 14.3. The van der Waals surface area contributed by atoms with E-state index in [4.69, 9.17) is 4.99 Å². The minimum Gasteiger partial charge on any atom is -0.550 e. The molecule has 0 aromatic heterocycles. The summed E-state index contributed by atoms with van der Waals surface area (Å²) in [6.45, 7) is 8.64. The Kier molecular flexibility index (Phi) is 11.1. The van der Waals surface area contributed by atoms with Crippen molar-refractivity contribution < 1.29 is 57.8 Å². The second kappa shape index (κ2) is 13.8. The summed E-state index contributed by atoms with van der Waals surface area (Å²) in [5.41, 5.74) is 0.660. The molecular formula is C32H38F2N3NaO4. The van der Waals surface area contributed by atoms with Crippen molar-refractivity contribution >= 4 is 23.5 Å². The van der Waals surface area contributed by atoms with Gasteiger partial charge in [-0.15, -0.1) is 0 Å². The molecule has 2 aromatic carbocycles. The molecule has 2 amide bonds. The second-order valence-corrected chi connectivity index (χ2v) is 12.2. The zero-order chi connectivity index (χ0) is 29.9.